The lowest BCUT2D eigenvalue weighted by atomic mass is 10.0. The van der Waals surface area contributed by atoms with Gasteiger partial charge in [0.2, 0.25) is 0 Å². The second-order valence-electron chi connectivity index (χ2n) is 22.6. The molecule has 1 aliphatic rings. The van der Waals surface area contributed by atoms with Crippen molar-refractivity contribution in [2.24, 2.45) is 5.92 Å². The fraction of sp³-hybridized carbons (Fsp3) is 0.229. The number of ether oxygens (including phenoxy) is 1. The van der Waals surface area contributed by atoms with Gasteiger partial charge in [0.1, 0.15) is 5.75 Å². The monoisotopic (exact) mass is 1470 g/mol. The summed E-state index contributed by atoms with van der Waals surface area (Å²) in [6, 6.07) is 52.7. The number of aromatic hydroxyl groups is 2. The number of unbranched alkanes of at least 4 members (excludes halogenated alkanes) is 3. The molecule has 1 saturated carbocycles. The number of benzene rings is 7. The SMILES string of the molecule is CC=C=CC1CCCC1.CC=C=CCCCCC.CC=C=Cc1ccc(-c2ccccc2)cc1.CC=C=Cc1ccc(C(F)(F)F)cc1.CC=C=Cc1ccc(Cl)cc1.CC=C=Cc1ccc(O)cc1.CC=C=Cc1ccc(OC)c(O)c1.CC=C=Cc1cccc(C(F)(F)F)c1.CC=C=Cc1cccnc1. The van der Waals surface area contributed by atoms with Crippen LogP contribution in [0.1, 0.15) is 171 Å². The molecule has 0 spiro atoms. The second-order valence-corrected chi connectivity index (χ2v) is 23.0. The first-order valence-electron chi connectivity index (χ1n) is 35.3. The zero-order valence-electron chi connectivity index (χ0n) is 63.5. The van der Waals surface area contributed by atoms with Crippen LogP contribution in [0.4, 0.5) is 26.3 Å². The van der Waals surface area contributed by atoms with Crippen molar-refractivity contribution in [1.29, 1.82) is 0 Å². The summed E-state index contributed by atoms with van der Waals surface area (Å²) in [5.41, 5.74) is 34.4. The molecule has 0 bridgehead atoms. The van der Waals surface area contributed by atoms with Crippen LogP contribution in [-0.4, -0.2) is 22.3 Å². The van der Waals surface area contributed by atoms with E-state index in [1.807, 2.05) is 170 Å². The van der Waals surface area contributed by atoms with Crippen molar-refractivity contribution in [3.8, 4) is 28.4 Å². The van der Waals surface area contributed by atoms with E-state index in [2.05, 4.69) is 124 Å². The van der Waals surface area contributed by atoms with Crippen LogP contribution in [-0.2, 0) is 12.4 Å². The highest BCUT2D eigenvalue weighted by atomic mass is 35.5. The molecule has 0 saturated heterocycles. The molecule has 1 aromatic heterocycles. The highest BCUT2D eigenvalue weighted by Gasteiger charge is 2.30. The molecule has 0 amide bonds. The average Bonchev–Trinajstić information content (AvgIpc) is 1.61. The van der Waals surface area contributed by atoms with Gasteiger partial charge in [-0.2, -0.15) is 26.3 Å². The summed E-state index contributed by atoms with van der Waals surface area (Å²) in [5, 5.41) is 19.1. The van der Waals surface area contributed by atoms with Gasteiger partial charge in [-0.15, -0.1) is 51.6 Å². The number of hydrogen-bond donors (Lipinski definition) is 2. The molecular formula is C96H102ClF6NO3. The van der Waals surface area contributed by atoms with Gasteiger partial charge >= 0.3 is 12.4 Å². The molecule has 107 heavy (non-hydrogen) atoms. The van der Waals surface area contributed by atoms with E-state index in [9.17, 15) is 31.4 Å². The van der Waals surface area contributed by atoms with Crippen LogP contribution in [0.3, 0.4) is 0 Å². The Morgan fingerprint density at radius 1 is 0.430 bits per heavy atom. The third-order valence-electron chi connectivity index (χ3n) is 14.2. The molecular weight excluding hydrogens is 1360 g/mol. The van der Waals surface area contributed by atoms with E-state index >= 15 is 0 Å². The quantitative estimate of drug-likeness (QED) is 0.0647. The number of phenolic OH excluding ortho intramolecular Hbond substituents is 2. The van der Waals surface area contributed by atoms with Gasteiger partial charge in [-0.3, -0.25) is 4.98 Å². The smallest absolute Gasteiger partial charge is 0.416 e. The summed E-state index contributed by atoms with van der Waals surface area (Å²) in [4.78, 5) is 3.95. The predicted molar refractivity (Wildman–Crippen MR) is 444 cm³/mol. The lowest BCUT2D eigenvalue weighted by molar-refractivity contribution is -0.138. The number of methoxy groups -OCH3 is 1. The highest BCUT2D eigenvalue weighted by Crippen LogP contribution is 2.31. The standard InChI is InChI=1S/C16H14.2C11H9F3.C11H12O2.C10H9Cl.C10H10O.C9H9N.C9H14.C9H16/c1-2-3-7-14-10-12-16(13-11-14)15-8-5-4-6-9-15;1-2-3-5-9-6-4-7-10(8-9)11(12,13)14;1-2-3-4-9-5-7-10(8-6-9)11(12,13)14;1-3-4-5-9-6-7-11(13-2)10(12)8-9;2*1-2-3-4-9-5-7-10(11)8-6-9;1-2-3-5-9-6-4-7-10-8-9;1-2-3-6-9-7-4-5-8-9;1-3-5-7-9-8-6-4-2/h2,4-13H,1H3;2*2,4-8H,1H3;3,5-8,12H,1-2H3;2,4-8H,1H3;2,4-8,11H,1H3;2,4-8H,1H3;2,6,9H,4-5,7-8H2,1H3;3,7H,4,6,8-9H2,1-2H3. The molecule has 558 valence electrons. The second kappa shape index (κ2) is 60.0. The van der Waals surface area contributed by atoms with Crippen LogP contribution in [0.2, 0.25) is 5.02 Å². The molecule has 0 atom stereocenters. The van der Waals surface area contributed by atoms with E-state index in [0.717, 1.165) is 57.5 Å². The lowest BCUT2D eigenvalue weighted by Crippen LogP contribution is -2.04. The Balaban J connectivity index is 0.000000606. The number of rotatable bonds is 14. The van der Waals surface area contributed by atoms with Crippen molar-refractivity contribution in [1.82, 2.24) is 4.98 Å². The third-order valence-corrected chi connectivity index (χ3v) is 14.4. The Hall–Kier alpha value is -11.4. The topological polar surface area (TPSA) is 62.6 Å². The molecule has 0 aliphatic heterocycles. The minimum atomic E-state index is -4.28. The average molecular weight is 1470 g/mol. The lowest BCUT2D eigenvalue weighted by Gasteiger charge is -2.06. The summed E-state index contributed by atoms with van der Waals surface area (Å²) in [6.45, 7) is 19.4. The zero-order chi connectivity index (χ0) is 79.0. The normalized spacial score (nSPS) is 10.0. The Bertz CT molecular complexity index is 4300. The van der Waals surface area contributed by atoms with Crippen molar-refractivity contribution in [3.05, 3.63) is 368 Å². The van der Waals surface area contributed by atoms with Crippen LogP contribution >= 0.6 is 11.6 Å². The van der Waals surface area contributed by atoms with Gasteiger partial charge in [-0.1, -0.05) is 159 Å². The van der Waals surface area contributed by atoms with E-state index in [-0.39, 0.29) is 5.75 Å². The maximum absolute atomic E-state index is 12.2. The minimum absolute atomic E-state index is 0.147. The number of aromatic nitrogens is 1. The number of pyridine rings is 1. The largest absolute Gasteiger partial charge is 0.508 e. The van der Waals surface area contributed by atoms with Gasteiger partial charge in [-0.05, 0) is 315 Å². The molecule has 1 aliphatic carbocycles. The van der Waals surface area contributed by atoms with Gasteiger partial charge in [0.05, 0.1) is 18.2 Å². The van der Waals surface area contributed by atoms with Crippen molar-refractivity contribution >= 4 is 54.1 Å². The molecule has 1 heterocycles. The summed E-state index contributed by atoms with van der Waals surface area (Å²) in [5.74, 6) is 1.77. The van der Waals surface area contributed by atoms with Crippen molar-refractivity contribution in [2.75, 3.05) is 7.11 Å². The highest BCUT2D eigenvalue weighted by molar-refractivity contribution is 6.30. The van der Waals surface area contributed by atoms with Crippen LogP contribution in [0, 0.1) is 5.92 Å². The maximum Gasteiger partial charge on any atom is 0.416 e. The van der Waals surface area contributed by atoms with E-state index in [0.29, 0.717) is 22.6 Å². The fourth-order valence-electron chi connectivity index (χ4n) is 8.67. The summed E-state index contributed by atoms with van der Waals surface area (Å²) in [7, 11) is 1.52. The molecule has 0 radical (unpaired) electrons. The minimum Gasteiger partial charge on any atom is -0.508 e. The summed E-state index contributed by atoms with van der Waals surface area (Å²) in [6.07, 6.45) is 39.3. The molecule has 1 fully saturated rings. The van der Waals surface area contributed by atoms with E-state index in [1.54, 1.807) is 87.0 Å². The predicted octanol–water partition coefficient (Wildman–Crippen LogP) is 29.5. The zero-order valence-corrected chi connectivity index (χ0v) is 64.3. The van der Waals surface area contributed by atoms with Gasteiger partial charge in [0, 0.05) is 23.0 Å². The number of alkyl halides is 6. The number of phenols is 2. The Labute approximate surface area is 639 Å². The fourth-order valence-corrected chi connectivity index (χ4v) is 8.80. The number of allylic oxidation sites excluding steroid dienone is 9. The maximum atomic E-state index is 12.2. The molecule has 8 aromatic rings. The van der Waals surface area contributed by atoms with E-state index < -0.39 is 23.5 Å². The summed E-state index contributed by atoms with van der Waals surface area (Å²) < 4.78 is 78.1. The molecule has 7 aromatic carbocycles. The van der Waals surface area contributed by atoms with Crippen molar-refractivity contribution < 1.29 is 41.3 Å². The number of hydrogen-bond acceptors (Lipinski definition) is 4. The first kappa shape index (κ1) is 93.7. The van der Waals surface area contributed by atoms with Crippen LogP contribution in [0.5, 0.6) is 17.2 Å². The van der Waals surface area contributed by atoms with Crippen LogP contribution < -0.4 is 4.74 Å². The van der Waals surface area contributed by atoms with Crippen LogP contribution in [0.25, 0.3) is 53.7 Å². The van der Waals surface area contributed by atoms with Gasteiger partial charge in [-0.25, -0.2) is 0 Å². The van der Waals surface area contributed by atoms with E-state index in [1.165, 1.54) is 99.4 Å². The Kier molecular flexibility index (Phi) is 52.5. The van der Waals surface area contributed by atoms with Gasteiger partial charge in [0.25, 0.3) is 0 Å². The van der Waals surface area contributed by atoms with E-state index in [4.69, 9.17) is 21.4 Å². The third kappa shape index (κ3) is 47.6. The van der Waals surface area contributed by atoms with Gasteiger partial charge in [0.15, 0.2) is 11.5 Å². The first-order valence-corrected chi connectivity index (χ1v) is 35.7. The summed E-state index contributed by atoms with van der Waals surface area (Å²) >= 11 is 5.70. The number of nitrogens with zero attached hydrogens (tertiary/aromatic N) is 1. The molecule has 0 unspecified atom stereocenters. The molecule has 9 rings (SSSR count). The van der Waals surface area contributed by atoms with Crippen molar-refractivity contribution in [3.63, 3.8) is 0 Å². The molecule has 11 heteroatoms. The number of halogens is 7. The Morgan fingerprint density at radius 3 is 1.27 bits per heavy atom. The van der Waals surface area contributed by atoms with Crippen LogP contribution in [0.15, 0.2) is 313 Å². The Morgan fingerprint density at radius 2 is 0.841 bits per heavy atom. The molecule has 4 nitrogen and oxygen atoms in total. The molecule has 2 N–H and O–H groups in total. The van der Waals surface area contributed by atoms with Crippen molar-refractivity contribution in [2.45, 2.75) is 133 Å². The van der Waals surface area contributed by atoms with Gasteiger partial charge < -0.3 is 14.9 Å². The first-order chi connectivity index (χ1) is 51.7.